The standard InChI is InChI=1S/C22H18Cl2N2O4/c1-30-17-11-14(23)10-15(24)18(17)20(27)21-25-19(16-4-2-3-9-26(16)21)12-5-7-13(8-6-12)22(28)29/h5-8,10-11H,2-4,9H2,1H3,(H,28,29). The average Bonchev–Trinajstić information content (AvgIpc) is 3.12. The van der Waals surface area contributed by atoms with E-state index < -0.39 is 5.97 Å². The Balaban J connectivity index is 1.84. The number of rotatable bonds is 5. The molecule has 2 aromatic carbocycles. The highest BCUT2D eigenvalue weighted by atomic mass is 35.5. The number of ketones is 1. The van der Waals surface area contributed by atoms with E-state index in [0.717, 1.165) is 30.5 Å². The minimum atomic E-state index is -0.992. The molecule has 6 nitrogen and oxygen atoms in total. The van der Waals surface area contributed by atoms with Crippen molar-refractivity contribution in [3.05, 3.63) is 69.1 Å². The maximum Gasteiger partial charge on any atom is 0.335 e. The van der Waals surface area contributed by atoms with Gasteiger partial charge in [-0.2, -0.15) is 0 Å². The van der Waals surface area contributed by atoms with Crippen LogP contribution in [0, 0.1) is 0 Å². The van der Waals surface area contributed by atoms with Crippen molar-refractivity contribution in [1.82, 2.24) is 9.55 Å². The van der Waals surface area contributed by atoms with Crippen LogP contribution in [-0.2, 0) is 13.0 Å². The van der Waals surface area contributed by atoms with Crippen molar-refractivity contribution in [3.8, 4) is 17.0 Å². The number of ether oxygens (including phenoxy) is 1. The number of carbonyl (C=O) groups excluding carboxylic acids is 1. The molecule has 8 heteroatoms. The van der Waals surface area contributed by atoms with Crippen molar-refractivity contribution in [2.75, 3.05) is 7.11 Å². The van der Waals surface area contributed by atoms with E-state index >= 15 is 0 Å². The third-order valence-electron chi connectivity index (χ3n) is 5.19. The van der Waals surface area contributed by atoms with Crippen LogP contribution in [0.3, 0.4) is 0 Å². The summed E-state index contributed by atoms with van der Waals surface area (Å²) in [4.78, 5) is 29.3. The van der Waals surface area contributed by atoms with Gasteiger partial charge in [-0.15, -0.1) is 0 Å². The third kappa shape index (κ3) is 3.57. The Morgan fingerprint density at radius 1 is 1.13 bits per heavy atom. The van der Waals surface area contributed by atoms with Crippen molar-refractivity contribution >= 4 is 35.0 Å². The average molecular weight is 445 g/mol. The maximum absolute atomic E-state index is 13.4. The van der Waals surface area contributed by atoms with Gasteiger partial charge in [-0.1, -0.05) is 35.3 Å². The van der Waals surface area contributed by atoms with E-state index in [0.29, 0.717) is 17.3 Å². The number of benzene rings is 2. The quantitative estimate of drug-likeness (QED) is 0.551. The van der Waals surface area contributed by atoms with Gasteiger partial charge in [0.2, 0.25) is 5.78 Å². The molecule has 0 aliphatic carbocycles. The molecule has 0 saturated carbocycles. The normalized spacial score (nSPS) is 13.0. The van der Waals surface area contributed by atoms with E-state index in [1.54, 1.807) is 18.2 Å². The second-order valence-corrected chi connectivity index (χ2v) is 7.86. The molecule has 0 radical (unpaired) electrons. The number of carboxylic acid groups (broad SMARTS) is 1. The van der Waals surface area contributed by atoms with Crippen LogP contribution in [-0.4, -0.2) is 33.5 Å². The second kappa shape index (κ2) is 8.13. The molecule has 30 heavy (non-hydrogen) atoms. The first-order chi connectivity index (χ1) is 14.4. The number of imidazole rings is 1. The Morgan fingerprint density at radius 2 is 1.87 bits per heavy atom. The molecule has 1 aromatic heterocycles. The van der Waals surface area contributed by atoms with Crippen LogP contribution >= 0.6 is 23.2 Å². The van der Waals surface area contributed by atoms with Gasteiger partial charge >= 0.3 is 5.97 Å². The molecule has 154 valence electrons. The summed E-state index contributed by atoms with van der Waals surface area (Å²) in [6, 6.07) is 9.55. The first-order valence-corrected chi connectivity index (χ1v) is 10.2. The molecule has 0 saturated heterocycles. The fourth-order valence-electron chi connectivity index (χ4n) is 3.76. The Bertz CT molecular complexity index is 1150. The van der Waals surface area contributed by atoms with Crippen LogP contribution in [0.25, 0.3) is 11.3 Å². The SMILES string of the molecule is COc1cc(Cl)cc(Cl)c1C(=O)c1nc(-c2ccc(C(=O)O)cc2)c2n1CCCC2. The van der Waals surface area contributed by atoms with Gasteiger partial charge in [-0.05, 0) is 43.5 Å². The zero-order chi connectivity index (χ0) is 21.4. The number of aromatic nitrogens is 2. The Morgan fingerprint density at radius 3 is 2.53 bits per heavy atom. The lowest BCUT2D eigenvalue weighted by molar-refractivity contribution is 0.0696. The van der Waals surface area contributed by atoms with Crippen molar-refractivity contribution in [2.45, 2.75) is 25.8 Å². The molecule has 4 rings (SSSR count). The van der Waals surface area contributed by atoms with Gasteiger partial charge in [0.05, 0.1) is 29.0 Å². The highest BCUT2D eigenvalue weighted by molar-refractivity contribution is 6.38. The molecule has 1 N–H and O–H groups in total. The molecule has 0 fully saturated rings. The number of hydrogen-bond donors (Lipinski definition) is 1. The van der Waals surface area contributed by atoms with Crippen LogP contribution in [0.15, 0.2) is 36.4 Å². The van der Waals surface area contributed by atoms with Gasteiger partial charge in [-0.3, -0.25) is 4.79 Å². The number of methoxy groups -OCH3 is 1. The van der Waals surface area contributed by atoms with Gasteiger partial charge in [0.15, 0.2) is 5.82 Å². The minimum absolute atomic E-state index is 0.195. The summed E-state index contributed by atoms with van der Waals surface area (Å²) in [5, 5.41) is 9.71. The molecule has 0 bridgehead atoms. The van der Waals surface area contributed by atoms with E-state index in [-0.39, 0.29) is 33.5 Å². The largest absolute Gasteiger partial charge is 0.496 e. The molecule has 0 unspecified atom stereocenters. The third-order valence-corrected chi connectivity index (χ3v) is 5.71. The number of fused-ring (bicyclic) bond motifs is 1. The molecule has 0 atom stereocenters. The summed E-state index contributed by atoms with van der Waals surface area (Å²) in [6.45, 7) is 0.671. The van der Waals surface area contributed by atoms with Crippen LogP contribution in [0.4, 0.5) is 0 Å². The zero-order valence-corrected chi connectivity index (χ0v) is 17.6. The van der Waals surface area contributed by atoms with E-state index in [1.807, 2.05) is 4.57 Å². The van der Waals surface area contributed by atoms with Crippen LogP contribution < -0.4 is 4.74 Å². The van der Waals surface area contributed by atoms with E-state index in [4.69, 9.17) is 33.0 Å². The van der Waals surface area contributed by atoms with Crippen LogP contribution in [0.2, 0.25) is 10.0 Å². The lowest BCUT2D eigenvalue weighted by Gasteiger charge is -2.18. The zero-order valence-electron chi connectivity index (χ0n) is 16.1. The van der Waals surface area contributed by atoms with E-state index in [1.165, 1.54) is 25.3 Å². The number of nitrogens with zero attached hydrogens (tertiary/aromatic N) is 2. The first-order valence-electron chi connectivity index (χ1n) is 9.41. The summed E-state index contributed by atoms with van der Waals surface area (Å²) in [7, 11) is 1.45. The highest BCUT2D eigenvalue weighted by Gasteiger charge is 2.29. The number of halogens is 2. The lowest BCUT2D eigenvalue weighted by atomic mass is 10.0. The summed E-state index contributed by atoms with van der Waals surface area (Å²) >= 11 is 12.4. The topological polar surface area (TPSA) is 81.4 Å². The summed E-state index contributed by atoms with van der Waals surface area (Å²) < 4.78 is 7.27. The van der Waals surface area contributed by atoms with Crippen molar-refractivity contribution in [3.63, 3.8) is 0 Å². The van der Waals surface area contributed by atoms with Crippen LogP contribution in [0.1, 0.15) is 45.1 Å². The molecular formula is C22H18Cl2N2O4. The molecule has 0 amide bonds. The van der Waals surface area contributed by atoms with Gasteiger partial charge in [0, 0.05) is 22.8 Å². The summed E-state index contributed by atoms with van der Waals surface area (Å²) in [5.41, 5.74) is 2.81. The summed E-state index contributed by atoms with van der Waals surface area (Å²) in [5.74, 6) is -0.763. The monoisotopic (exact) mass is 444 g/mol. The molecule has 1 aliphatic rings. The Hall–Kier alpha value is -2.83. The minimum Gasteiger partial charge on any atom is -0.496 e. The number of hydrogen-bond acceptors (Lipinski definition) is 4. The van der Waals surface area contributed by atoms with Crippen molar-refractivity contribution in [1.29, 1.82) is 0 Å². The molecule has 0 spiro atoms. The molecular weight excluding hydrogens is 427 g/mol. The van der Waals surface area contributed by atoms with Crippen molar-refractivity contribution in [2.24, 2.45) is 0 Å². The predicted octanol–water partition coefficient (Wildman–Crippen LogP) is 5.13. The fraction of sp³-hybridized carbons (Fsp3) is 0.227. The lowest BCUT2D eigenvalue weighted by Crippen LogP contribution is -2.17. The van der Waals surface area contributed by atoms with Gasteiger partial charge in [0.1, 0.15) is 5.75 Å². The van der Waals surface area contributed by atoms with Crippen molar-refractivity contribution < 1.29 is 19.4 Å². The smallest absolute Gasteiger partial charge is 0.335 e. The van der Waals surface area contributed by atoms with Gasteiger partial charge in [0.25, 0.3) is 0 Å². The highest BCUT2D eigenvalue weighted by Crippen LogP contribution is 2.35. The maximum atomic E-state index is 13.4. The van der Waals surface area contributed by atoms with Crippen LogP contribution in [0.5, 0.6) is 5.75 Å². The van der Waals surface area contributed by atoms with Gasteiger partial charge < -0.3 is 14.4 Å². The second-order valence-electron chi connectivity index (χ2n) is 7.02. The summed E-state index contributed by atoms with van der Waals surface area (Å²) in [6.07, 6.45) is 2.71. The van der Waals surface area contributed by atoms with E-state index in [9.17, 15) is 9.59 Å². The predicted molar refractivity (Wildman–Crippen MR) is 114 cm³/mol. The first kappa shape index (κ1) is 20.4. The number of aromatic carboxylic acids is 1. The van der Waals surface area contributed by atoms with Gasteiger partial charge in [-0.25, -0.2) is 9.78 Å². The Kier molecular flexibility index (Phi) is 5.54. The van der Waals surface area contributed by atoms with E-state index in [2.05, 4.69) is 4.98 Å². The molecule has 2 heterocycles. The Labute approximate surface area is 183 Å². The number of carbonyl (C=O) groups is 2. The fourth-order valence-corrected chi connectivity index (χ4v) is 4.32. The molecule has 1 aliphatic heterocycles. The number of carboxylic acids is 1. The molecule has 3 aromatic rings.